The minimum Gasteiger partial charge on any atom is -0.387 e. The van der Waals surface area contributed by atoms with Crippen molar-refractivity contribution < 1.29 is 5.11 Å². The maximum atomic E-state index is 10.2. The van der Waals surface area contributed by atoms with Gasteiger partial charge >= 0.3 is 0 Å². The first-order chi connectivity index (χ1) is 7.83. The van der Waals surface area contributed by atoms with Gasteiger partial charge in [0, 0.05) is 26.7 Å². The van der Waals surface area contributed by atoms with E-state index in [1.165, 1.54) is 0 Å². The summed E-state index contributed by atoms with van der Waals surface area (Å²) in [6, 6.07) is 0. The SMILES string of the molecule is Cc1nn(C)c(CN2CC(O)(C(C)C)C2)c1Cl. The van der Waals surface area contributed by atoms with Crippen molar-refractivity contribution in [2.75, 3.05) is 13.1 Å². The van der Waals surface area contributed by atoms with Gasteiger partial charge in [-0.2, -0.15) is 5.10 Å². The number of hydrogen-bond donors (Lipinski definition) is 1. The van der Waals surface area contributed by atoms with E-state index >= 15 is 0 Å². The monoisotopic (exact) mass is 257 g/mol. The summed E-state index contributed by atoms with van der Waals surface area (Å²) in [5.74, 6) is 0.294. The van der Waals surface area contributed by atoms with Gasteiger partial charge in [0.05, 0.1) is 22.0 Å². The van der Waals surface area contributed by atoms with E-state index < -0.39 is 5.60 Å². The molecule has 1 N–H and O–H groups in total. The summed E-state index contributed by atoms with van der Waals surface area (Å²) in [6.07, 6.45) is 0. The van der Waals surface area contributed by atoms with Crippen LogP contribution in [-0.4, -0.2) is 38.5 Å². The van der Waals surface area contributed by atoms with Crippen LogP contribution < -0.4 is 0 Å². The Balaban J connectivity index is 2.01. The fraction of sp³-hybridized carbons (Fsp3) is 0.750. The second-order valence-electron chi connectivity index (χ2n) is 5.37. The highest BCUT2D eigenvalue weighted by molar-refractivity contribution is 6.31. The highest BCUT2D eigenvalue weighted by Gasteiger charge is 2.43. The zero-order valence-corrected chi connectivity index (χ0v) is 11.6. The van der Waals surface area contributed by atoms with Gasteiger partial charge in [0.2, 0.25) is 0 Å². The average molecular weight is 258 g/mol. The molecule has 0 unspecified atom stereocenters. The highest BCUT2D eigenvalue weighted by atomic mass is 35.5. The first kappa shape index (κ1) is 12.9. The van der Waals surface area contributed by atoms with Crippen molar-refractivity contribution in [1.82, 2.24) is 14.7 Å². The van der Waals surface area contributed by atoms with Crippen molar-refractivity contribution in [3.8, 4) is 0 Å². The largest absolute Gasteiger partial charge is 0.387 e. The van der Waals surface area contributed by atoms with Crippen LogP contribution in [0.2, 0.25) is 5.02 Å². The summed E-state index contributed by atoms with van der Waals surface area (Å²) in [7, 11) is 1.91. The second kappa shape index (κ2) is 4.26. The number of hydrogen-bond acceptors (Lipinski definition) is 3. The van der Waals surface area contributed by atoms with E-state index in [4.69, 9.17) is 11.6 Å². The third-order valence-electron chi connectivity index (χ3n) is 3.70. The maximum absolute atomic E-state index is 10.2. The predicted octanol–water partition coefficient (Wildman–Crippen LogP) is 1.58. The van der Waals surface area contributed by atoms with Crippen molar-refractivity contribution in [2.24, 2.45) is 13.0 Å². The van der Waals surface area contributed by atoms with Gasteiger partial charge in [0.1, 0.15) is 0 Å². The number of halogens is 1. The number of aryl methyl sites for hydroxylation is 2. The first-order valence-electron chi connectivity index (χ1n) is 5.96. The second-order valence-corrected chi connectivity index (χ2v) is 5.75. The molecule has 4 nitrogen and oxygen atoms in total. The molecule has 0 aromatic carbocycles. The zero-order valence-electron chi connectivity index (χ0n) is 10.9. The first-order valence-corrected chi connectivity index (χ1v) is 6.34. The van der Waals surface area contributed by atoms with E-state index in [-0.39, 0.29) is 0 Å². The van der Waals surface area contributed by atoms with E-state index in [1.54, 1.807) is 0 Å². The van der Waals surface area contributed by atoms with Gasteiger partial charge in [-0.1, -0.05) is 25.4 Å². The molecule has 96 valence electrons. The van der Waals surface area contributed by atoms with Crippen LogP contribution in [0.15, 0.2) is 0 Å². The molecule has 1 fully saturated rings. The molecule has 17 heavy (non-hydrogen) atoms. The maximum Gasteiger partial charge on any atom is 0.0923 e. The Bertz CT molecular complexity index is 422. The van der Waals surface area contributed by atoms with Crippen LogP contribution in [0.25, 0.3) is 0 Å². The lowest BCUT2D eigenvalue weighted by Gasteiger charge is -2.49. The van der Waals surface area contributed by atoms with Crippen molar-refractivity contribution >= 4 is 11.6 Å². The average Bonchev–Trinajstić information content (AvgIpc) is 2.42. The number of rotatable bonds is 3. The van der Waals surface area contributed by atoms with Gasteiger partial charge in [-0.25, -0.2) is 0 Å². The number of aliphatic hydroxyl groups is 1. The van der Waals surface area contributed by atoms with E-state index in [9.17, 15) is 5.11 Å². The third kappa shape index (κ3) is 2.21. The zero-order chi connectivity index (χ0) is 12.8. The summed E-state index contributed by atoms with van der Waals surface area (Å²) >= 11 is 6.20. The number of aromatic nitrogens is 2. The van der Waals surface area contributed by atoms with Gasteiger partial charge in [0.25, 0.3) is 0 Å². The molecule has 5 heteroatoms. The molecule has 0 spiro atoms. The molecule has 0 amide bonds. The molecule has 1 aliphatic rings. The van der Waals surface area contributed by atoms with E-state index in [0.29, 0.717) is 19.0 Å². The molecule has 2 heterocycles. The molecule has 1 aromatic rings. The number of likely N-dealkylation sites (tertiary alicyclic amines) is 1. The molecule has 0 saturated carbocycles. The van der Waals surface area contributed by atoms with Crippen molar-refractivity contribution in [2.45, 2.75) is 32.9 Å². The Kier molecular flexibility index (Phi) is 3.23. The van der Waals surface area contributed by atoms with Crippen LogP contribution in [0.4, 0.5) is 0 Å². The van der Waals surface area contributed by atoms with Gasteiger partial charge in [0.15, 0.2) is 0 Å². The molecule has 0 bridgehead atoms. The van der Waals surface area contributed by atoms with Crippen LogP contribution in [0, 0.1) is 12.8 Å². The highest BCUT2D eigenvalue weighted by Crippen LogP contribution is 2.31. The molecule has 1 aromatic heterocycles. The smallest absolute Gasteiger partial charge is 0.0923 e. The van der Waals surface area contributed by atoms with Crippen molar-refractivity contribution in [3.63, 3.8) is 0 Å². The fourth-order valence-electron chi connectivity index (χ4n) is 2.27. The minimum absolute atomic E-state index is 0.294. The van der Waals surface area contributed by atoms with Crippen LogP contribution in [0.5, 0.6) is 0 Å². The van der Waals surface area contributed by atoms with Crippen molar-refractivity contribution in [3.05, 3.63) is 16.4 Å². The Morgan fingerprint density at radius 3 is 2.47 bits per heavy atom. The summed E-state index contributed by atoms with van der Waals surface area (Å²) in [5.41, 5.74) is 1.36. The summed E-state index contributed by atoms with van der Waals surface area (Å²) in [4.78, 5) is 2.20. The lowest BCUT2D eigenvalue weighted by molar-refractivity contribution is -0.131. The van der Waals surface area contributed by atoms with Crippen LogP contribution in [0.3, 0.4) is 0 Å². The normalized spacial score (nSPS) is 19.7. The van der Waals surface area contributed by atoms with Gasteiger partial charge in [-0.3, -0.25) is 9.58 Å². The molecular weight excluding hydrogens is 238 g/mol. The van der Waals surface area contributed by atoms with E-state index in [2.05, 4.69) is 23.8 Å². The molecule has 0 radical (unpaired) electrons. The van der Waals surface area contributed by atoms with Crippen molar-refractivity contribution in [1.29, 1.82) is 0 Å². The van der Waals surface area contributed by atoms with Gasteiger partial charge < -0.3 is 5.11 Å². The fourth-order valence-corrected chi connectivity index (χ4v) is 2.49. The summed E-state index contributed by atoms with van der Waals surface area (Å²) in [5, 5.41) is 15.2. The standard InChI is InChI=1S/C12H20ClN3O/c1-8(2)12(17)6-16(7-12)5-10-11(13)9(3)14-15(10)4/h8,17H,5-7H2,1-4H3. The molecule has 2 rings (SSSR count). The third-order valence-corrected chi connectivity index (χ3v) is 4.20. The molecular formula is C12H20ClN3O. The Morgan fingerprint density at radius 2 is 2.06 bits per heavy atom. The molecule has 1 aliphatic heterocycles. The molecule has 0 aliphatic carbocycles. The van der Waals surface area contributed by atoms with Crippen LogP contribution in [-0.2, 0) is 13.6 Å². The predicted molar refractivity (Wildman–Crippen MR) is 68.0 cm³/mol. The lowest BCUT2D eigenvalue weighted by atomic mass is 9.83. The van der Waals surface area contributed by atoms with E-state index in [0.717, 1.165) is 23.0 Å². The number of nitrogens with zero attached hydrogens (tertiary/aromatic N) is 3. The van der Waals surface area contributed by atoms with Crippen LogP contribution >= 0.6 is 11.6 Å². The molecule has 1 saturated heterocycles. The number of β-amino-alcohol motifs (C(OH)–C–C–N with tert-alkyl or cyclic N) is 1. The lowest BCUT2D eigenvalue weighted by Crippen LogP contribution is -2.63. The Labute approximate surface area is 107 Å². The minimum atomic E-state index is -0.528. The topological polar surface area (TPSA) is 41.3 Å². The Morgan fingerprint density at radius 1 is 1.47 bits per heavy atom. The molecule has 0 atom stereocenters. The quantitative estimate of drug-likeness (QED) is 0.894. The van der Waals surface area contributed by atoms with Gasteiger partial charge in [-0.15, -0.1) is 0 Å². The van der Waals surface area contributed by atoms with Crippen LogP contribution in [0.1, 0.15) is 25.2 Å². The van der Waals surface area contributed by atoms with Gasteiger partial charge in [-0.05, 0) is 12.8 Å². The summed E-state index contributed by atoms with van der Waals surface area (Å²) < 4.78 is 1.82. The summed E-state index contributed by atoms with van der Waals surface area (Å²) in [6.45, 7) is 8.20. The van der Waals surface area contributed by atoms with E-state index in [1.807, 2.05) is 18.7 Å². The Hall–Kier alpha value is -0.580.